The fourth-order valence-corrected chi connectivity index (χ4v) is 3.37. The molecular weight excluding hydrogens is 399 g/mol. The number of hydrogen-bond acceptors (Lipinski definition) is 5. The summed E-state index contributed by atoms with van der Waals surface area (Å²) in [5.41, 5.74) is 2.83. The number of hydrogen-bond donors (Lipinski definition) is 1. The SMILES string of the molecule is Cc1cc(-n2c(C)cc(C(=O)NCc3cccnc3Oc3cccc(F)c3)c2C)no1. The van der Waals surface area contributed by atoms with E-state index in [1.54, 1.807) is 30.5 Å². The van der Waals surface area contributed by atoms with Gasteiger partial charge in [-0.1, -0.05) is 17.3 Å². The number of carbonyl (C=O) groups is 1. The van der Waals surface area contributed by atoms with Crippen LogP contribution in [-0.2, 0) is 6.54 Å². The lowest BCUT2D eigenvalue weighted by Gasteiger charge is -2.11. The molecule has 1 amide bonds. The predicted octanol–water partition coefficient (Wildman–Crippen LogP) is 4.65. The fraction of sp³-hybridized carbons (Fsp3) is 0.174. The van der Waals surface area contributed by atoms with E-state index in [1.807, 2.05) is 37.5 Å². The molecule has 1 N–H and O–H groups in total. The molecule has 0 aliphatic heterocycles. The Morgan fingerprint density at radius 3 is 2.74 bits per heavy atom. The molecule has 0 fully saturated rings. The highest BCUT2D eigenvalue weighted by Crippen LogP contribution is 2.24. The van der Waals surface area contributed by atoms with Crippen LogP contribution in [0, 0.1) is 26.6 Å². The molecular formula is C23H21FN4O3. The third-order valence-electron chi connectivity index (χ3n) is 4.82. The van der Waals surface area contributed by atoms with Gasteiger partial charge in [-0.05, 0) is 45.0 Å². The van der Waals surface area contributed by atoms with Crippen LogP contribution in [0.25, 0.3) is 5.82 Å². The van der Waals surface area contributed by atoms with E-state index in [-0.39, 0.29) is 12.5 Å². The first-order valence-corrected chi connectivity index (χ1v) is 9.70. The molecule has 0 aliphatic rings. The summed E-state index contributed by atoms with van der Waals surface area (Å²) in [7, 11) is 0. The van der Waals surface area contributed by atoms with Crippen molar-refractivity contribution < 1.29 is 18.4 Å². The van der Waals surface area contributed by atoms with Crippen molar-refractivity contribution in [1.82, 2.24) is 20.0 Å². The number of ether oxygens (including phenoxy) is 1. The summed E-state index contributed by atoms with van der Waals surface area (Å²) in [4.78, 5) is 17.1. The Morgan fingerprint density at radius 2 is 2.00 bits per heavy atom. The van der Waals surface area contributed by atoms with Gasteiger partial charge in [-0.2, -0.15) is 0 Å². The molecule has 1 aromatic carbocycles. The normalized spacial score (nSPS) is 10.8. The number of halogens is 1. The van der Waals surface area contributed by atoms with E-state index in [1.165, 1.54) is 12.1 Å². The lowest BCUT2D eigenvalue weighted by atomic mass is 10.2. The molecule has 7 nitrogen and oxygen atoms in total. The van der Waals surface area contributed by atoms with Gasteiger partial charge in [0.15, 0.2) is 5.82 Å². The van der Waals surface area contributed by atoms with Crippen LogP contribution in [0.5, 0.6) is 11.6 Å². The van der Waals surface area contributed by atoms with Crippen LogP contribution in [-0.4, -0.2) is 20.6 Å². The first-order chi connectivity index (χ1) is 14.9. The third kappa shape index (κ3) is 4.32. The summed E-state index contributed by atoms with van der Waals surface area (Å²) in [6.07, 6.45) is 1.58. The van der Waals surface area contributed by atoms with Crippen molar-refractivity contribution >= 4 is 5.91 Å². The Balaban J connectivity index is 1.51. The summed E-state index contributed by atoms with van der Waals surface area (Å²) in [6, 6.07) is 13.0. The number of rotatable bonds is 6. The van der Waals surface area contributed by atoms with Crippen LogP contribution >= 0.6 is 0 Å². The van der Waals surface area contributed by atoms with E-state index in [4.69, 9.17) is 9.26 Å². The fourth-order valence-electron chi connectivity index (χ4n) is 3.37. The van der Waals surface area contributed by atoms with Crippen molar-refractivity contribution in [2.24, 2.45) is 0 Å². The Labute approximate surface area is 178 Å². The third-order valence-corrected chi connectivity index (χ3v) is 4.82. The van der Waals surface area contributed by atoms with Crippen molar-refractivity contribution in [2.75, 3.05) is 0 Å². The molecule has 0 saturated carbocycles. The average molecular weight is 420 g/mol. The highest BCUT2D eigenvalue weighted by molar-refractivity contribution is 5.95. The number of nitrogens with zero attached hydrogens (tertiary/aromatic N) is 3. The first-order valence-electron chi connectivity index (χ1n) is 9.70. The number of carbonyl (C=O) groups excluding carboxylic acids is 1. The molecule has 0 radical (unpaired) electrons. The minimum absolute atomic E-state index is 0.198. The summed E-state index contributed by atoms with van der Waals surface area (Å²) in [5.74, 6) is 1.32. The van der Waals surface area contributed by atoms with Gasteiger partial charge in [0.1, 0.15) is 17.3 Å². The van der Waals surface area contributed by atoms with Crippen molar-refractivity contribution in [2.45, 2.75) is 27.3 Å². The number of aromatic nitrogens is 3. The molecule has 4 aromatic rings. The van der Waals surface area contributed by atoms with Crippen LogP contribution in [0.1, 0.15) is 33.1 Å². The molecule has 8 heteroatoms. The van der Waals surface area contributed by atoms with Gasteiger partial charge < -0.3 is 14.6 Å². The molecule has 0 aliphatic carbocycles. The summed E-state index contributed by atoms with van der Waals surface area (Å²) < 4.78 is 26.2. The van der Waals surface area contributed by atoms with Gasteiger partial charge in [-0.15, -0.1) is 0 Å². The minimum atomic E-state index is -0.402. The molecule has 4 rings (SSSR count). The molecule has 0 atom stereocenters. The van der Waals surface area contributed by atoms with Crippen LogP contribution in [0.3, 0.4) is 0 Å². The second-order valence-electron chi connectivity index (χ2n) is 7.13. The van der Waals surface area contributed by atoms with Gasteiger partial charge >= 0.3 is 0 Å². The zero-order chi connectivity index (χ0) is 22.0. The van der Waals surface area contributed by atoms with Gasteiger partial charge in [-0.3, -0.25) is 9.36 Å². The number of benzene rings is 1. The highest BCUT2D eigenvalue weighted by atomic mass is 19.1. The smallest absolute Gasteiger partial charge is 0.253 e. The molecule has 3 heterocycles. The first kappa shape index (κ1) is 20.3. The Bertz CT molecular complexity index is 1250. The molecule has 0 unspecified atom stereocenters. The quantitative estimate of drug-likeness (QED) is 0.491. The van der Waals surface area contributed by atoms with Gasteiger partial charge in [0.2, 0.25) is 5.88 Å². The van der Waals surface area contributed by atoms with E-state index in [0.29, 0.717) is 34.3 Å². The standard InChI is InChI=1S/C23H21FN4O3/c1-14-10-20(16(3)28(14)21-11-15(2)31-27-21)22(29)26-13-17-6-5-9-25-23(17)30-19-8-4-7-18(24)12-19/h4-12H,13H2,1-3H3,(H,26,29). The van der Waals surface area contributed by atoms with Crippen molar-refractivity contribution in [3.8, 4) is 17.4 Å². The van der Waals surface area contributed by atoms with E-state index in [9.17, 15) is 9.18 Å². The maximum absolute atomic E-state index is 13.4. The van der Waals surface area contributed by atoms with E-state index in [2.05, 4.69) is 15.5 Å². The van der Waals surface area contributed by atoms with E-state index in [0.717, 1.165) is 11.4 Å². The van der Waals surface area contributed by atoms with Gasteiger partial charge in [0, 0.05) is 41.8 Å². The number of amides is 1. The molecule has 0 spiro atoms. The topological polar surface area (TPSA) is 82.2 Å². The van der Waals surface area contributed by atoms with Gasteiger partial charge in [-0.25, -0.2) is 9.37 Å². The van der Waals surface area contributed by atoms with Gasteiger partial charge in [0.25, 0.3) is 5.91 Å². The lowest BCUT2D eigenvalue weighted by molar-refractivity contribution is 0.0950. The monoisotopic (exact) mass is 420 g/mol. The molecule has 0 bridgehead atoms. The van der Waals surface area contributed by atoms with Crippen molar-refractivity contribution in [3.63, 3.8) is 0 Å². The Hall–Kier alpha value is -3.94. The zero-order valence-corrected chi connectivity index (χ0v) is 17.3. The summed E-state index contributed by atoms with van der Waals surface area (Å²) in [5, 5.41) is 6.94. The number of aryl methyl sites for hydroxylation is 2. The van der Waals surface area contributed by atoms with E-state index >= 15 is 0 Å². The maximum Gasteiger partial charge on any atom is 0.253 e. The molecule has 0 saturated heterocycles. The van der Waals surface area contributed by atoms with Crippen LogP contribution in [0.15, 0.2) is 59.3 Å². The van der Waals surface area contributed by atoms with Crippen LogP contribution in [0.4, 0.5) is 4.39 Å². The van der Waals surface area contributed by atoms with Gasteiger partial charge in [0.05, 0.1) is 5.56 Å². The molecule has 3 aromatic heterocycles. The summed E-state index contributed by atoms with van der Waals surface area (Å²) in [6.45, 7) is 5.77. The molecule has 31 heavy (non-hydrogen) atoms. The second kappa shape index (κ2) is 8.43. The largest absolute Gasteiger partial charge is 0.439 e. The predicted molar refractivity (Wildman–Crippen MR) is 112 cm³/mol. The minimum Gasteiger partial charge on any atom is -0.439 e. The highest BCUT2D eigenvalue weighted by Gasteiger charge is 2.19. The molecule has 158 valence electrons. The number of nitrogens with one attached hydrogen (secondary N) is 1. The Kier molecular flexibility index (Phi) is 5.53. The van der Waals surface area contributed by atoms with Crippen molar-refractivity contribution in [1.29, 1.82) is 0 Å². The zero-order valence-electron chi connectivity index (χ0n) is 17.3. The lowest BCUT2D eigenvalue weighted by Crippen LogP contribution is -2.23. The van der Waals surface area contributed by atoms with Crippen LogP contribution < -0.4 is 10.1 Å². The average Bonchev–Trinajstić information content (AvgIpc) is 3.29. The summed E-state index contributed by atoms with van der Waals surface area (Å²) >= 11 is 0. The number of pyridine rings is 1. The maximum atomic E-state index is 13.4. The van der Waals surface area contributed by atoms with Crippen LogP contribution in [0.2, 0.25) is 0 Å². The Morgan fingerprint density at radius 1 is 1.16 bits per heavy atom. The second-order valence-corrected chi connectivity index (χ2v) is 7.13. The van der Waals surface area contributed by atoms with E-state index < -0.39 is 5.82 Å². The van der Waals surface area contributed by atoms with Crippen molar-refractivity contribution in [3.05, 3.63) is 88.8 Å².